The Morgan fingerprint density at radius 3 is 2.42 bits per heavy atom. The molecule has 0 fully saturated rings. The van der Waals surface area contributed by atoms with Gasteiger partial charge in [0.1, 0.15) is 0 Å². The van der Waals surface area contributed by atoms with Crippen molar-refractivity contribution in [2.45, 2.75) is 31.2 Å². The number of hydrogen-bond donors (Lipinski definition) is 3. The Kier molecular flexibility index (Phi) is 6.96. The van der Waals surface area contributed by atoms with E-state index in [0.29, 0.717) is 6.42 Å². The van der Waals surface area contributed by atoms with Crippen molar-refractivity contribution >= 4 is 23.2 Å². The van der Waals surface area contributed by atoms with Gasteiger partial charge in [-0.1, -0.05) is 36.4 Å². The molecule has 1 aromatic heterocycles. The molecule has 24 heavy (non-hydrogen) atoms. The number of benzene rings is 1. The van der Waals surface area contributed by atoms with Gasteiger partial charge in [0.25, 0.3) is 0 Å². The van der Waals surface area contributed by atoms with Crippen molar-refractivity contribution in [1.29, 1.82) is 0 Å². The van der Waals surface area contributed by atoms with E-state index in [0.717, 1.165) is 10.4 Å². The normalized spacial score (nSPS) is 13.2. The lowest BCUT2D eigenvalue weighted by Crippen LogP contribution is -2.39. The lowest BCUT2D eigenvalue weighted by Gasteiger charge is -2.19. The van der Waals surface area contributed by atoms with Crippen molar-refractivity contribution in [2.24, 2.45) is 0 Å². The van der Waals surface area contributed by atoms with Crippen LogP contribution in [0.1, 0.15) is 29.2 Å². The van der Waals surface area contributed by atoms with E-state index in [4.69, 9.17) is 5.11 Å². The third-order valence-corrected chi connectivity index (χ3v) is 4.74. The molecule has 1 amide bonds. The molecule has 0 aliphatic heterocycles. The molecule has 0 saturated carbocycles. The second-order valence-corrected chi connectivity index (χ2v) is 6.63. The highest BCUT2D eigenvalue weighted by molar-refractivity contribution is 7.10. The zero-order valence-corrected chi connectivity index (χ0v) is 14.0. The fourth-order valence-corrected chi connectivity index (χ4v) is 3.41. The van der Waals surface area contributed by atoms with Crippen LogP contribution in [-0.2, 0) is 16.0 Å². The number of nitrogens with one attached hydrogen (secondary N) is 1. The van der Waals surface area contributed by atoms with Crippen LogP contribution in [0, 0.1) is 0 Å². The van der Waals surface area contributed by atoms with E-state index >= 15 is 0 Å². The number of aliphatic hydroxyl groups excluding tert-OH is 1. The molecule has 0 bridgehead atoms. The first-order valence-electron chi connectivity index (χ1n) is 7.77. The molecule has 1 aromatic carbocycles. The van der Waals surface area contributed by atoms with Crippen LogP contribution in [0.25, 0.3) is 0 Å². The molecular formula is C18H21NO4S. The van der Waals surface area contributed by atoms with Gasteiger partial charge in [-0.05, 0) is 23.4 Å². The van der Waals surface area contributed by atoms with E-state index in [2.05, 4.69) is 5.32 Å². The third-order valence-electron chi connectivity index (χ3n) is 3.71. The van der Waals surface area contributed by atoms with Crippen LogP contribution in [0.2, 0.25) is 0 Å². The molecule has 0 radical (unpaired) electrons. The summed E-state index contributed by atoms with van der Waals surface area (Å²) in [5, 5.41) is 23.2. The van der Waals surface area contributed by atoms with Gasteiger partial charge < -0.3 is 15.5 Å². The van der Waals surface area contributed by atoms with Crippen LogP contribution < -0.4 is 5.32 Å². The van der Waals surface area contributed by atoms with Crippen molar-refractivity contribution in [3.63, 3.8) is 0 Å². The molecule has 0 spiro atoms. The highest BCUT2D eigenvalue weighted by Gasteiger charge is 2.21. The van der Waals surface area contributed by atoms with Gasteiger partial charge in [0.2, 0.25) is 5.91 Å². The molecule has 2 atom stereocenters. The number of rotatable bonds is 9. The summed E-state index contributed by atoms with van der Waals surface area (Å²) in [5.74, 6) is -1.52. The van der Waals surface area contributed by atoms with Crippen molar-refractivity contribution in [2.75, 3.05) is 6.61 Å². The molecule has 0 unspecified atom stereocenters. The number of carbonyl (C=O) groups excluding carboxylic acids is 1. The average molecular weight is 347 g/mol. The van der Waals surface area contributed by atoms with Gasteiger partial charge >= 0.3 is 5.97 Å². The summed E-state index contributed by atoms with van der Waals surface area (Å²) in [4.78, 5) is 24.2. The van der Waals surface area contributed by atoms with Crippen molar-refractivity contribution in [3.8, 4) is 0 Å². The molecular weight excluding hydrogens is 326 g/mol. The number of carbonyl (C=O) groups is 2. The van der Waals surface area contributed by atoms with Crippen LogP contribution in [0.4, 0.5) is 0 Å². The molecule has 0 saturated heterocycles. The maximum absolute atomic E-state index is 12.3. The highest BCUT2D eigenvalue weighted by atomic mass is 32.1. The first kappa shape index (κ1) is 18.2. The summed E-state index contributed by atoms with van der Waals surface area (Å²) in [5.41, 5.74) is 1.03. The topological polar surface area (TPSA) is 86.6 Å². The van der Waals surface area contributed by atoms with Gasteiger partial charge in [-0.25, -0.2) is 0 Å². The Bertz CT molecular complexity index is 642. The number of carboxylic acids is 1. The number of aliphatic carboxylic acids is 1. The Labute approximate surface area is 145 Å². The molecule has 5 nitrogen and oxygen atoms in total. The second-order valence-electron chi connectivity index (χ2n) is 5.65. The van der Waals surface area contributed by atoms with Crippen molar-refractivity contribution < 1.29 is 19.8 Å². The molecule has 0 aliphatic carbocycles. The Balaban J connectivity index is 1.94. The smallest absolute Gasteiger partial charge is 0.304 e. The van der Waals surface area contributed by atoms with E-state index in [-0.39, 0.29) is 37.3 Å². The van der Waals surface area contributed by atoms with E-state index in [9.17, 15) is 14.7 Å². The summed E-state index contributed by atoms with van der Waals surface area (Å²) < 4.78 is 0. The maximum atomic E-state index is 12.3. The van der Waals surface area contributed by atoms with Gasteiger partial charge in [0.15, 0.2) is 0 Å². The molecule has 6 heteroatoms. The first-order chi connectivity index (χ1) is 11.6. The zero-order valence-electron chi connectivity index (χ0n) is 13.2. The van der Waals surface area contributed by atoms with Crippen LogP contribution in [0.5, 0.6) is 0 Å². The van der Waals surface area contributed by atoms with E-state index in [1.54, 1.807) is 0 Å². The number of aliphatic hydroxyl groups is 1. The Morgan fingerprint density at radius 2 is 1.83 bits per heavy atom. The maximum Gasteiger partial charge on any atom is 0.304 e. The van der Waals surface area contributed by atoms with Crippen molar-refractivity contribution in [1.82, 2.24) is 5.32 Å². The molecule has 2 aromatic rings. The Morgan fingerprint density at radius 1 is 1.08 bits per heavy atom. The molecule has 0 aliphatic rings. The van der Waals surface area contributed by atoms with E-state index in [1.807, 2.05) is 47.8 Å². The molecule has 1 heterocycles. The van der Waals surface area contributed by atoms with Crippen LogP contribution in [0.3, 0.4) is 0 Å². The monoisotopic (exact) mass is 347 g/mol. The molecule has 3 N–H and O–H groups in total. The fourth-order valence-electron chi connectivity index (χ4n) is 2.58. The second kappa shape index (κ2) is 9.20. The van der Waals surface area contributed by atoms with E-state index < -0.39 is 5.97 Å². The predicted octanol–water partition coefficient (Wildman–Crippen LogP) is 2.42. The van der Waals surface area contributed by atoms with Crippen LogP contribution in [-0.4, -0.2) is 34.7 Å². The van der Waals surface area contributed by atoms with Crippen molar-refractivity contribution in [3.05, 3.63) is 58.3 Å². The lowest BCUT2D eigenvalue weighted by molar-refractivity contribution is -0.137. The molecule has 128 valence electrons. The first-order valence-corrected chi connectivity index (χ1v) is 8.65. The van der Waals surface area contributed by atoms with Gasteiger partial charge in [-0.15, -0.1) is 11.3 Å². The average Bonchev–Trinajstić information content (AvgIpc) is 3.08. The summed E-state index contributed by atoms with van der Waals surface area (Å²) in [6.45, 7) is -0.163. The van der Waals surface area contributed by atoms with Gasteiger partial charge in [-0.2, -0.15) is 0 Å². The number of amides is 1. The number of thiophene rings is 1. The minimum Gasteiger partial charge on any atom is -0.481 e. The van der Waals surface area contributed by atoms with Gasteiger partial charge in [-0.3, -0.25) is 9.59 Å². The molecule has 2 rings (SSSR count). The summed E-state index contributed by atoms with van der Waals surface area (Å²) >= 11 is 1.45. The lowest BCUT2D eigenvalue weighted by atomic mass is 9.98. The summed E-state index contributed by atoms with van der Waals surface area (Å²) in [6.07, 6.45) is 0.542. The third kappa shape index (κ3) is 5.79. The standard InChI is InChI=1S/C18H21NO4S/c20-12-15(9-13-5-2-1-3-6-13)19-17(21)10-14(11-18(22)23)16-7-4-8-24-16/h1-8,14-15,20H,9-12H2,(H,19,21)(H,22,23)/t14-,15+/m1/s1. The Hall–Kier alpha value is -2.18. The zero-order chi connectivity index (χ0) is 17.4. The minimum atomic E-state index is -0.927. The minimum absolute atomic E-state index is 0.0869. The van der Waals surface area contributed by atoms with Crippen LogP contribution >= 0.6 is 11.3 Å². The summed E-state index contributed by atoms with van der Waals surface area (Å²) in [7, 11) is 0. The summed E-state index contributed by atoms with van der Waals surface area (Å²) in [6, 6.07) is 12.9. The largest absolute Gasteiger partial charge is 0.481 e. The highest BCUT2D eigenvalue weighted by Crippen LogP contribution is 2.27. The quantitative estimate of drug-likeness (QED) is 0.650. The van der Waals surface area contributed by atoms with Gasteiger partial charge in [0.05, 0.1) is 19.1 Å². The SMILES string of the molecule is O=C(O)C[C@@H](CC(=O)N[C@H](CO)Cc1ccccc1)c1cccs1. The van der Waals surface area contributed by atoms with Crippen LogP contribution in [0.15, 0.2) is 47.8 Å². The van der Waals surface area contributed by atoms with Gasteiger partial charge in [0, 0.05) is 17.2 Å². The van der Waals surface area contributed by atoms with E-state index in [1.165, 1.54) is 11.3 Å². The number of carboxylic acid groups (broad SMARTS) is 1. The fraction of sp³-hybridized carbons (Fsp3) is 0.333. The predicted molar refractivity (Wildman–Crippen MR) is 93.1 cm³/mol. The number of hydrogen-bond acceptors (Lipinski definition) is 4.